The van der Waals surface area contributed by atoms with E-state index < -0.39 is 12.0 Å². The van der Waals surface area contributed by atoms with Crippen molar-refractivity contribution in [2.24, 2.45) is 5.92 Å². The Bertz CT molecular complexity index is 1100. The van der Waals surface area contributed by atoms with Crippen LogP contribution in [0.1, 0.15) is 23.9 Å². The number of phenolic OH excluding ortho intramolecular Hbond substituents is 1. The van der Waals surface area contributed by atoms with E-state index in [0.717, 1.165) is 5.56 Å². The Morgan fingerprint density at radius 3 is 2.58 bits per heavy atom. The second-order valence-corrected chi connectivity index (χ2v) is 7.72. The van der Waals surface area contributed by atoms with E-state index in [1.165, 1.54) is 0 Å². The zero-order chi connectivity index (χ0) is 22.0. The molecule has 0 fully saturated rings. The van der Waals surface area contributed by atoms with Crippen molar-refractivity contribution in [3.8, 4) is 5.75 Å². The monoisotopic (exact) mass is 439 g/mol. The number of anilines is 2. The molecule has 1 aliphatic rings. The molecule has 0 unspecified atom stereocenters. The maximum Gasteiger partial charge on any atom is 0.235 e. The lowest BCUT2D eigenvalue weighted by Gasteiger charge is -2.33. The van der Waals surface area contributed by atoms with Crippen LogP contribution in [0.4, 0.5) is 11.6 Å². The van der Waals surface area contributed by atoms with Gasteiger partial charge < -0.3 is 20.8 Å². The topological polar surface area (TPSA) is 112 Å². The van der Waals surface area contributed by atoms with Crippen LogP contribution in [-0.2, 0) is 11.2 Å². The molecule has 0 radical (unpaired) electrons. The van der Waals surface area contributed by atoms with Gasteiger partial charge in [0.1, 0.15) is 11.7 Å². The van der Waals surface area contributed by atoms with E-state index in [2.05, 4.69) is 27.3 Å². The molecule has 31 heavy (non-hydrogen) atoms. The van der Waals surface area contributed by atoms with Gasteiger partial charge in [0.25, 0.3) is 0 Å². The van der Waals surface area contributed by atoms with Gasteiger partial charge in [-0.3, -0.25) is 4.79 Å². The number of aryl methyl sites for hydroxylation is 1. The lowest BCUT2D eigenvalue weighted by molar-refractivity contribution is -0.119. The number of hydrogen-bond donors (Lipinski definition) is 4. The molecule has 2 heterocycles. The standard InChI is InChI=1S/C22H22ClN5O3/c1-13-19(21(31)25-16-8-6-15(23)7-9-16)20(14-4-10-17(30)11-5-14)28-22(24-13)26-18(27-28)3-2-12-29/h4-11,19-20,29-30H,1-3,12H2,(H,25,31)(H,24,26,27)/t19-,20+/m1/s1. The van der Waals surface area contributed by atoms with Crippen LogP contribution in [0.25, 0.3) is 0 Å². The molecule has 3 aromatic rings. The number of carbonyl (C=O) groups excluding carboxylic acids is 1. The molecule has 0 saturated heterocycles. The zero-order valence-electron chi connectivity index (χ0n) is 16.6. The van der Waals surface area contributed by atoms with E-state index in [-0.39, 0.29) is 18.3 Å². The molecule has 0 saturated carbocycles. The molecule has 1 amide bonds. The van der Waals surface area contributed by atoms with E-state index >= 15 is 0 Å². The average Bonchev–Trinajstić information content (AvgIpc) is 3.15. The highest BCUT2D eigenvalue weighted by molar-refractivity contribution is 6.30. The Balaban J connectivity index is 1.72. The third-order valence-electron chi connectivity index (χ3n) is 5.09. The molecule has 0 bridgehead atoms. The molecule has 4 rings (SSSR count). The lowest BCUT2D eigenvalue weighted by Crippen LogP contribution is -2.39. The van der Waals surface area contributed by atoms with E-state index in [1.54, 1.807) is 53.2 Å². The van der Waals surface area contributed by atoms with Gasteiger partial charge in [-0.25, -0.2) is 4.68 Å². The summed E-state index contributed by atoms with van der Waals surface area (Å²) in [7, 11) is 0. The summed E-state index contributed by atoms with van der Waals surface area (Å²) >= 11 is 5.94. The molecule has 8 nitrogen and oxygen atoms in total. The van der Waals surface area contributed by atoms with Gasteiger partial charge in [-0.15, -0.1) is 0 Å². The minimum absolute atomic E-state index is 0.0392. The van der Waals surface area contributed by atoms with Gasteiger partial charge in [-0.2, -0.15) is 10.1 Å². The summed E-state index contributed by atoms with van der Waals surface area (Å²) in [6, 6.07) is 13.0. The first-order chi connectivity index (χ1) is 15.0. The van der Waals surface area contributed by atoms with Crippen LogP contribution < -0.4 is 10.6 Å². The molecule has 0 aliphatic carbocycles. The van der Waals surface area contributed by atoms with Crippen LogP contribution >= 0.6 is 11.6 Å². The first-order valence-electron chi connectivity index (χ1n) is 9.83. The molecular formula is C22H22ClN5O3. The number of nitrogens with zero attached hydrogens (tertiary/aromatic N) is 3. The van der Waals surface area contributed by atoms with Gasteiger partial charge >= 0.3 is 0 Å². The van der Waals surface area contributed by atoms with Crippen molar-refractivity contribution in [2.45, 2.75) is 18.9 Å². The quantitative estimate of drug-likeness (QED) is 0.468. The molecule has 160 valence electrons. The number of fused-ring (bicyclic) bond motifs is 1. The molecule has 2 aromatic carbocycles. The maximum absolute atomic E-state index is 13.3. The van der Waals surface area contributed by atoms with Crippen molar-refractivity contribution >= 4 is 29.1 Å². The fourth-order valence-electron chi connectivity index (χ4n) is 3.60. The van der Waals surface area contributed by atoms with Gasteiger partial charge in [0.15, 0.2) is 5.82 Å². The number of aliphatic hydroxyl groups excluding tert-OH is 1. The van der Waals surface area contributed by atoms with Crippen LogP contribution in [0.2, 0.25) is 5.02 Å². The predicted molar refractivity (Wildman–Crippen MR) is 118 cm³/mol. The highest BCUT2D eigenvalue weighted by atomic mass is 35.5. The van der Waals surface area contributed by atoms with Gasteiger partial charge in [0.2, 0.25) is 11.9 Å². The lowest BCUT2D eigenvalue weighted by atomic mass is 9.88. The SMILES string of the molecule is C=C1Nc2nc(CCCO)nn2[C@@H](c2ccc(O)cc2)[C@@H]1C(=O)Nc1ccc(Cl)cc1. The first kappa shape index (κ1) is 20.9. The highest BCUT2D eigenvalue weighted by Crippen LogP contribution is 2.38. The smallest absolute Gasteiger partial charge is 0.235 e. The number of benzene rings is 2. The summed E-state index contributed by atoms with van der Waals surface area (Å²) in [5.41, 5.74) is 1.87. The minimum atomic E-state index is -0.694. The molecule has 1 aromatic heterocycles. The summed E-state index contributed by atoms with van der Waals surface area (Å²) in [5.74, 6) is 0.204. The van der Waals surface area contributed by atoms with Crippen LogP contribution in [0.15, 0.2) is 60.8 Å². The number of aliphatic hydroxyl groups is 1. The first-order valence-corrected chi connectivity index (χ1v) is 10.2. The van der Waals surface area contributed by atoms with Gasteiger partial charge in [0.05, 0.1) is 6.04 Å². The number of nitrogens with one attached hydrogen (secondary N) is 2. The maximum atomic E-state index is 13.3. The van der Waals surface area contributed by atoms with Gasteiger partial charge in [0, 0.05) is 29.4 Å². The molecule has 9 heteroatoms. The number of aromatic nitrogens is 3. The molecule has 2 atom stereocenters. The second kappa shape index (κ2) is 8.79. The van der Waals surface area contributed by atoms with Crippen molar-refractivity contribution in [1.29, 1.82) is 0 Å². The van der Waals surface area contributed by atoms with Gasteiger partial charge in [-0.1, -0.05) is 30.3 Å². The van der Waals surface area contributed by atoms with Gasteiger partial charge in [-0.05, 0) is 48.4 Å². The van der Waals surface area contributed by atoms with Crippen LogP contribution in [0.3, 0.4) is 0 Å². The predicted octanol–water partition coefficient (Wildman–Crippen LogP) is 3.35. The second-order valence-electron chi connectivity index (χ2n) is 7.28. The third kappa shape index (κ3) is 4.40. The Hall–Kier alpha value is -3.36. The van der Waals surface area contributed by atoms with Crippen LogP contribution in [-0.4, -0.2) is 37.5 Å². The Labute approximate surface area is 184 Å². The fourth-order valence-corrected chi connectivity index (χ4v) is 3.73. The largest absolute Gasteiger partial charge is 0.508 e. The summed E-state index contributed by atoms with van der Waals surface area (Å²) in [4.78, 5) is 17.8. The van der Waals surface area contributed by atoms with E-state index in [1.807, 2.05) is 0 Å². The molecule has 4 N–H and O–H groups in total. The number of carbonyl (C=O) groups is 1. The summed E-state index contributed by atoms with van der Waals surface area (Å²) in [6.07, 6.45) is 1.04. The summed E-state index contributed by atoms with van der Waals surface area (Å²) in [6.45, 7) is 4.11. The number of hydrogen-bond acceptors (Lipinski definition) is 6. The zero-order valence-corrected chi connectivity index (χ0v) is 17.4. The van der Waals surface area contributed by atoms with Crippen molar-refractivity contribution in [1.82, 2.24) is 14.8 Å². The van der Waals surface area contributed by atoms with Crippen LogP contribution in [0, 0.1) is 5.92 Å². The minimum Gasteiger partial charge on any atom is -0.508 e. The molecule has 1 aliphatic heterocycles. The average molecular weight is 440 g/mol. The van der Waals surface area contributed by atoms with E-state index in [0.29, 0.717) is 41.0 Å². The van der Waals surface area contributed by atoms with Crippen molar-refractivity contribution in [3.05, 3.63) is 77.2 Å². The number of phenols is 1. The van der Waals surface area contributed by atoms with Crippen molar-refractivity contribution in [3.63, 3.8) is 0 Å². The Morgan fingerprint density at radius 1 is 1.19 bits per heavy atom. The van der Waals surface area contributed by atoms with Crippen molar-refractivity contribution < 1.29 is 15.0 Å². The summed E-state index contributed by atoms with van der Waals surface area (Å²) < 4.78 is 1.67. The number of amides is 1. The number of aromatic hydroxyl groups is 1. The Morgan fingerprint density at radius 2 is 1.90 bits per heavy atom. The van der Waals surface area contributed by atoms with E-state index in [4.69, 9.17) is 16.7 Å². The van der Waals surface area contributed by atoms with Crippen molar-refractivity contribution in [2.75, 3.05) is 17.2 Å². The third-order valence-corrected chi connectivity index (χ3v) is 5.34. The summed E-state index contributed by atoms with van der Waals surface area (Å²) in [5, 5.41) is 30.0. The van der Waals surface area contributed by atoms with Crippen LogP contribution in [0.5, 0.6) is 5.75 Å². The number of rotatable bonds is 6. The van der Waals surface area contributed by atoms with E-state index in [9.17, 15) is 9.90 Å². The fraction of sp³-hybridized carbons (Fsp3) is 0.227. The Kier molecular flexibility index (Phi) is 5.92. The molecular weight excluding hydrogens is 418 g/mol. The highest BCUT2D eigenvalue weighted by Gasteiger charge is 2.40. The molecule has 0 spiro atoms. The number of halogens is 1. The normalized spacial score (nSPS) is 17.7.